The van der Waals surface area contributed by atoms with Crippen LogP contribution in [0.15, 0.2) is 24.3 Å². The number of ether oxygens (including phenoxy) is 1. The standard InChI is InChI=1S/C15H20ClNO2/c16-12-8-10-13(11-9-12)17-15(18)19-14-6-4-2-1-3-5-7-14/h8-11,14H,1-7H2,(H,17,18). The van der Waals surface area contributed by atoms with E-state index in [0.29, 0.717) is 10.7 Å². The minimum absolute atomic E-state index is 0.0626. The number of halogens is 1. The molecule has 104 valence electrons. The molecule has 0 heterocycles. The first kappa shape index (κ1) is 14.2. The van der Waals surface area contributed by atoms with Gasteiger partial charge in [0.15, 0.2) is 0 Å². The van der Waals surface area contributed by atoms with Crippen molar-refractivity contribution in [2.45, 2.75) is 51.0 Å². The Morgan fingerprint density at radius 1 is 1.05 bits per heavy atom. The van der Waals surface area contributed by atoms with Crippen molar-refractivity contribution in [3.8, 4) is 0 Å². The minimum Gasteiger partial charge on any atom is -0.446 e. The predicted octanol–water partition coefficient (Wildman–Crippen LogP) is 5.00. The molecule has 2 rings (SSSR count). The lowest BCUT2D eigenvalue weighted by molar-refractivity contribution is 0.0933. The van der Waals surface area contributed by atoms with Crippen LogP contribution >= 0.6 is 11.6 Å². The van der Waals surface area contributed by atoms with Gasteiger partial charge in [0, 0.05) is 10.7 Å². The number of rotatable bonds is 2. The van der Waals surface area contributed by atoms with Crippen LogP contribution in [-0.2, 0) is 4.74 Å². The van der Waals surface area contributed by atoms with Gasteiger partial charge in [0.05, 0.1) is 0 Å². The number of carbonyl (C=O) groups excluding carboxylic acids is 1. The van der Waals surface area contributed by atoms with E-state index in [-0.39, 0.29) is 12.2 Å². The molecule has 1 N–H and O–H groups in total. The molecule has 0 saturated heterocycles. The van der Waals surface area contributed by atoms with E-state index < -0.39 is 0 Å². The maximum Gasteiger partial charge on any atom is 0.411 e. The summed E-state index contributed by atoms with van der Waals surface area (Å²) in [5, 5.41) is 3.38. The molecule has 1 saturated carbocycles. The summed E-state index contributed by atoms with van der Waals surface area (Å²) in [5.41, 5.74) is 0.709. The van der Waals surface area contributed by atoms with Crippen LogP contribution in [0.3, 0.4) is 0 Å². The molecule has 0 aliphatic heterocycles. The molecule has 0 aromatic heterocycles. The van der Waals surface area contributed by atoms with Crippen molar-refractivity contribution in [2.24, 2.45) is 0 Å². The van der Waals surface area contributed by atoms with Crippen LogP contribution in [0.25, 0.3) is 0 Å². The summed E-state index contributed by atoms with van der Waals surface area (Å²) in [6.45, 7) is 0. The van der Waals surface area contributed by atoms with Crippen LogP contribution in [0.5, 0.6) is 0 Å². The molecule has 1 aromatic carbocycles. The van der Waals surface area contributed by atoms with E-state index in [2.05, 4.69) is 5.32 Å². The molecule has 0 bridgehead atoms. The SMILES string of the molecule is O=C(Nc1ccc(Cl)cc1)OC1CCCCCCC1. The Bertz CT molecular complexity index is 397. The van der Waals surface area contributed by atoms with E-state index in [1.807, 2.05) is 0 Å². The van der Waals surface area contributed by atoms with Gasteiger partial charge >= 0.3 is 6.09 Å². The fraction of sp³-hybridized carbons (Fsp3) is 0.533. The van der Waals surface area contributed by atoms with Gasteiger partial charge in [0.25, 0.3) is 0 Å². The molecule has 0 spiro atoms. The van der Waals surface area contributed by atoms with E-state index >= 15 is 0 Å². The molecule has 1 aromatic rings. The van der Waals surface area contributed by atoms with Gasteiger partial charge in [-0.1, -0.05) is 30.9 Å². The molecule has 0 unspecified atom stereocenters. The van der Waals surface area contributed by atoms with Gasteiger partial charge in [0.1, 0.15) is 6.10 Å². The van der Waals surface area contributed by atoms with Crippen molar-refractivity contribution in [1.82, 2.24) is 0 Å². The molecule has 1 aliphatic carbocycles. The van der Waals surface area contributed by atoms with Crippen molar-refractivity contribution < 1.29 is 9.53 Å². The van der Waals surface area contributed by atoms with Gasteiger partial charge in [-0.3, -0.25) is 5.32 Å². The Labute approximate surface area is 119 Å². The highest BCUT2D eigenvalue weighted by Crippen LogP contribution is 2.20. The highest BCUT2D eigenvalue weighted by atomic mass is 35.5. The fourth-order valence-electron chi connectivity index (χ4n) is 2.37. The van der Waals surface area contributed by atoms with Crippen LogP contribution in [0.1, 0.15) is 44.9 Å². The highest BCUT2D eigenvalue weighted by Gasteiger charge is 2.15. The van der Waals surface area contributed by atoms with Gasteiger partial charge in [0.2, 0.25) is 0 Å². The first-order chi connectivity index (χ1) is 9.24. The molecule has 1 amide bonds. The zero-order chi connectivity index (χ0) is 13.5. The number of hydrogen-bond acceptors (Lipinski definition) is 2. The number of carbonyl (C=O) groups is 1. The van der Waals surface area contributed by atoms with E-state index in [1.54, 1.807) is 24.3 Å². The van der Waals surface area contributed by atoms with Gasteiger partial charge in [-0.05, 0) is 49.9 Å². The van der Waals surface area contributed by atoms with Crippen LogP contribution in [0, 0.1) is 0 Å². The van der Waals surface area contributed by atoms with Crippen LogP contribution in [-0.4, -0.2) is 12.2 Å². The lowest BCUT2D eigenvalue weighted by atomic mass is 9.99. The Morgan fingerprint density at radius 2 is 1.63 bits per heavy atom. The number of nitrogens with one attached hydrogen (secondary N) is 1. The van der Waals surface area contributed by atoms with Gasteiger partial charge in [-0.25, -0.2) is 4.79 Å². The van der Waals surface area contributed by atoms with Gasteiger partial charge in [-0.2, -0.15) is 0 Å². The van der Waals surface area contributed by atoms with Gasteiger partial charge < -0.3 is 4.74 Å². The van der Waals surface area contributed by atoms with Crippen molar-refractivity contribution in [2.75, 3.05) is 5.32 Å². The van der Waals surface area contributed by atoms with Gasteiger partial charge in [-0.15, -0.1) is 0 Å². The molecule has 4 heteroatoms. The molecule has 1 fully saturated rings. The first-order valence-corrected chi connectivity index (χ1v) is 7.35. The zero-order valence-electron chi connectivity index (χ0n) is 11.0. The summed E-state index contributed by atoms with van der Waals surface area (Å²) in [4.78, 5) is 11.8. The topological polar surface area (TPSA) is 38.3 Å². The van der Waals surface area contributed by atoms with E-state index in [0.717, 1.165) is 25.7 Å². The lowest BCUT2D eigenvalue weighted by Crippen LogP contribution is -2.23. The molecule has 3 nitrogen and oxygen atoms in total. The summed E-state index contributed by atoms with van der Waals surface area (Å²) in [7, 11) is 0. The third kappa shape index (κ3) is 5.11. The van der Waals surface area contributed by atoms with Crippen molar-refractivity contribution in [3.63, 3.8) is 0 Å². The second kappa shape index (κ2) is 7.39. The smallest absolute Gasteiger partial charge is 0.411 e. The first-order valence-electron chi connectivity index (χ1n) is 6.97. The Morgan fingerprint density at radius 3 is 2.26 bits per heavy atom. The van der Waals surface area contributed by atoms with Crippen molar-refractivity contribution in [3.05, 3.63) is 29.3 Å². The Balaban J connectivity index is 1.80. The fourth-order valence-corrected chi connectivity index (χ4v) is 2.49. The monoisotopic (exact) mass is 281 g/mol. The lowest BCUT2D eigenvalue weighted by Gasteiger charge is -2.20. The van der Waals surface area contributed by atoms with Crippen LogP contribution < -0.4 is 5.32 Å². The number of amides is 1. The second-order valence-corrected chi connectivity index (χ2v) is 5.44. The Hall–Kier alpha value is -1.22. The minimum atomic E-state index is -0.368. The quantitative estimate of drug-likeness (QED) is 0.828. The van der Waals surface area contributed by atoms with E-state index in [1.165, 1.54) is 19.3 Å². The molecule has 0 atom stereocenters. The zero-order valence-corrected chi connectivity index (χ0v) is 11.8. The number of benzene rings is 1. The van der Waals surface area contributed by atoms with E-state index in [4.69, 9.17) is 16.3 Å². The molecule has 1 aliphatic rings. The maximum atomic E-state index is 11.8. The van der Waals surface area contributed by atoms with Crippen LogP contribution in [0.4, 0.5) is 10.5 Å². The summed E-state index contributed by atoms with van der Waals surface area (Å²) < 4.78 is 5.48. The maximum absolute atomic E-state index is 11.8. The summed E-state index contributed by atoms with van der Waals surface area (Å²) in [5.74, 6) is 0. The third-order valence-electron chi connectivity index (χ3n) is 3.42. The predicted molar refractivity (Wildman–Crippen MR) is 77.7 cm³/mol. The van der Waals surface area contributed by atoms with Crippen LogP contribution in [0.2, 0.25) is 5.02 Å². The average molecular weight is 282 g/mol. The van der Waals surface area contributed by atoms with Crippen molar-refractivity contribution >= 4 is 23.4 Å². The molecular weight excluding hydrogens is 262 g/mol. The summed E-state index contributed by atoms with van der Waals surface area (Å²) in [6, 6.07) is 7.02. The number of anilines is 1. The second-order valence-electron chi connectivity index (χ2n) is 5.00. The molecule has 0 radical (unpaired) electrons. The Kier molecular flexibility index (Phi) is 5.52. The van der Waals surface area contributed by atoms with Crippen molar-refractivity contribution in [1.29, 1.82) is 0 Å². The van der Waals surface area contributed by atoms with E-state index in [9.17, 15) is 4.79 Å². The normalized spacial score (nSPS) is 17.3. The molecular formula is C15H20ClNO2. The average Bonchev–Trinajstić information content (AvgIpc) is 2.35. The highest BCUT2D eigenvalue weighted by molar-refractivity contribution is 6.30. The summed E-state index contributed by atoms with van der Waals surface area (Å²) >= 11 is 5.79. The molecule has 19 heavy (non-hydrogen) atoms. The number of hydrogen-bond donors (Lipinski definition) is 1. The summed E-state index contributed by atoms with van der Waals surface area (Å²) in [6.07, 6.45) is 7.77. The third-order valence-corrected chi connectivity index (χ3v) is 3.67. The largest absolute Gasteiger partial charge is 0.446 e.